The smallest absolute Gasteiger partial charge is 0.146 e. The van der Waals surface area contributed by atoms with Gasteiger partial charge in [-0.3, -0.25) is 9.59 Å². The van der Waals surface area contributed by atoms with E-state index >= 15 is 0 Å². The van der Waals surface area contributed by atoms with Crippen LogP contribution in [0.1, 0.15) is 47.5 Å². The Morgan fingerprint density at radius 1 is 1.19 bits per heavy atom. The van der Waals surface area contributed by atoms with Crippen molar-refractivity contribution in [1.82, 2.24) is 0 Å². The highest BCUT2D eigenvalue weighted by Crippen LogP contribution is 2.20. The molecule has 1 N–H and O–H groups in total. The fourth-order valence-corrected chi connectivity index (χ4v) is 1.76. The van der Waals surface area contributed by atoms with Crippen LogP contribution in [0, 0.1) is 17.8 Å². The Bertz CT molecular complexity index is 246. The molecule has 3 nitrogen and oxygen atoms in total. The normalized spacial score (nSPS) is 16.9. The van der Waals surface area contributed by atoms with E-state index in [4.69, 9.17) is 0 Å². The predicted octanol–water partition coefficient (Wildman–Crippen LogP) is 2.21. The SMILES string of the molecule is CCC(C)C(O)C(C(C)=O)C(=O)CC(C)C. The molecule has 0 radical (unpaired) electrons. The molecule has 0 spiro atoms. The zero-order valence-electron chi connectivity index (χ0n) is 11.0. The Kier molecular flexibility index (Phi) is 6.49. The predicted molar refractivity (Wildman–Crippen MR) is 64.1 cm³/mol. The number of Topliss-reactive ketones (excluding diaryl/α,β-unsaturated/α-hetero) is 2. The second-order valence-electron chi connectivity index (χ2n) is 5.03. The summed E-state index contributed by atoms with van der Waals surface area (Å²) in [6.45, 7) is 9.06. The van der Waals surface area contributed by atoms with Gasteiger partial charge in [0, 0.05) is 6.42 Å². The Labute approximate surface area is 98.2 Å². The standard InChI is InChI=1S/C13H24O3/c1-6-9(4)13(16)12(10(5)14)11(15)7-8(2)3/h8-9,12-13,16H,6-7H2,1-5H3. The molecular weight excluding hydrogens is 204 g/mol. The van der Waals surface area contributed by atoms with Crippen molar-refractivity contribution in [3.05, 3.63) is 0 Å². The lowest BCUT2D eigenvalue weighted by atomic mass is 9.82. The van der Waals surface area contributed by atoms with Crippen LogP contribution in [0.4, 0.5) is 0 Å². The van der Waals surface area contributed by atoms with E-state index in [1.807, 2.05) is 27.7 Å². The maximum Gasteiger partial charge on any atom is 0.146 e. The van der Waals surface area contributed by atoms with Crippen molar-refractivity contribution in [1.29, 1.82) is 0 Å². The molecule has 0 saturated heterocycles. The van der Waals surface area contributed by atoms with Crippen molar-refractivity contribution in [2.24, 2.45) is 17.8 Å². The monoisotopic (exact) mass is 228 g/mol. The van der Waals surface area contributed by atoms with Crippen LogP contribution in [-0.2, 0) is 9.59 Å². The van der Waals surface area contributed by atoms with Crippen LogP contribution in [0.5, 0.6) is 0 Å². The number of hydrogen-bond donors (Lipinski definition) is 1. The molecule has 3 atom stereocenters. The van der Waals surface area contributed by atoms with E-state index in [9.17, 15) is 14.7 Å². The molecule has 0 rings (SSSR count). The van der Waals surface area contributed by atoms with E-state index in [-0.39, 0.29) is 23.4 Å². The van der Waals surface area contributed by atoms with E-state index in [0.717, 1.165) is 6.42 Å². The second kappa shape index (κ2) is 6.79. The van der Waals surface area contributed by atoms with Gasteiger partial charge in [0.15, 0.2) is 0 Å². The molecule has 0 saturated carbocycles. The summed E-state index contributed by atoms with van der Waals surface area (Å²) in [7, 11) is 0. The lowest BCUT2D eigenvalue weighted by molar-refractivity contribution is -0.138. The molecule has 0 bridgehead atoms. The van der Waals surface area contributed by atoms with Crippen molar-refractivity contribution >= 4 is 11.6 Å². The van der Waals surface area contributed by atoms with Crippen LogP contribution in [0.25, 0.3) is 0 Å². The number of aliphatic hydroxyl groups excluding tert-OH is 1. The van der Waals surface area contributed by atoms with Crippen molar-refractivity contribution in [2.75, 3.05) is 0 Å². The topological polar surface area (TPSA) is 54.4 Å². The van der Waals surface area contributed by atoms with Gasteiger partial charge in [0.05, 0.1) is 6.10 Å². The van der Waals surface area contributed by atoms with Gasteiger partial charge in [-0.2, -0.15) is 0 Å². The van der Waals surface area contributed by atoms with Crippen LogP contribution >= 0.6 is 0 Å². The van der Waals surface area contributed by atoms with E-state index in [1.54, 1.807) is 0 Å². The fraction of sp³-hybridized carbons (Fsp3) is 0.846. The molecule has 0 aliphatic heterocycles. The third-order valence-electron chi connectivity index (χ3n) is 2.96. The molecule has 0 amide bonds. The lowest BCUT2D eigenvalue weighted by Gasteiger charge is -2.24. The quantitative estimate of drug-likeness (QED) is 0.680. The summed E-state index contributed by atoms with van der Waals surface area (Å²) in [4.78, 5) is 23.3. The summed E-state index contributed by atoms with van der Waals surface area (Å²) in [6, 6.07) is 0. The lowest BCUT2D eigenvalue weighted by Crippen LogP contribution is -2.38. The first-order valence-corrected chi connectivity index (χ1v) is 6.02. The molecule has 0 aromatic heterocycles. The average molecular weight is 228 g/mol. The molecule has 16 heavy (non-hydrogen) atoms. The van der Waals surface area contributed by atoms with Crippen LogP contribution < -0.4 is 0 Å². The second-order valence-corrected chi connectivity index (χ2v) is 5.03. The van der Waals surface area contributed by atoms with Gasteiger partial charge in [0.25, 0.3) is 0 Å². The Hall–Kier alpha value is -0.700. The molecule has 0 aromatic carbocycles. The molecule has 0 fully saturated rings. The van der Waals surface area contributed by atoms with Gasteiger partial charge in [-0.15, -0.1) is 0 Å². The highest BCUT2D eigenvalue weighted by atomic mass is 16.3. The molecule has 3 unspecified atom stereocenters. The molecule has 0 aromatic rings. The zero-order valence-corrected chi connectivity index (χ0v) is 11.0. The van der Waals surface area contributed by atoms with Gasteiger partial charge in [-0.05, 0) is 18.8 Å². The van der Waals surface area contributed by atoms with Gasteiger partial charge in [-0.1, -0.05) is 34.1 Å². The number of hydrogen-bond acceptors (Lipinski definition) is 3. The molecule has 0 aliphatic rings. The maximum absolute atomic E-state index is 11.9. The van der Waals surface area contributed by atoms with Crippen LogP contribution in [-0.4, -0.2) is 22.8 Å². The summed E-state index contributed by atoms with van der Waals surface area (Å²) < 4.78 is 0. The Morgan fingerprint density at radius 3 is 2.00 bits per heavy atom. The van der Waals surface area contributed by atoms with E-state index in [1.165, 1.54) is 6.92 Å². The summed E-state index contributed by atoms with van der Waals surface area (Å²) in [5, 5.41) is 9.99. The molecular formula is C13H24O3. The number of rotatable bonds is 7. The van der Waals surface area contributed by atoms with E-state index in [0.29, 0.717) is 6.42 Å². The van der Waals surface area contributed by atoms with Crippen molar-refractivity contribution in [3.8, 4) is 0 Å². The first-order chi connectivity index (χ1) is 7.31. The van der Waals surface area contributed by atoms with E-state index < -0.39 is 12.0 Å². The van der Waals surface area contributed by atoms with Gasteiger partial charge in [0.1, 0.15) is 17.5 Å². The van der Waals surface area contributed by atoms with Gasteiger partial charge in [0.2, 0.25) is 0 Å². The number of aliphatic hydroxyl groups is 1. The van der Waals surface area contributed by atoms with Gasteiger partial charge >= 0.3 is 0 Å². The average Bonchev–Trinajstić information content (AvgIpc) is 2.14. The number of carbonyl (C=O) groups is 2. The third kappa shape index (κ3) is 4.44. The molecule has 0 heterocycles. The van der Waals surface area contributed by atoms with Crippen LogP contribution in [0.2, 0.25) is 0 Å². The summed E-state index contributed by atoms with van der Waals surface area (Å²) in [5.74, 6) is -0.991. The first kappa shape index (κ1) is 15.3. The van der Waals surface area contributed by atoms with Crippen LogP contribution in [0.15, 0.2) is 0 Å². The molecule has 3 heteroatoms. The molecule has 94 valence electrons. The number of carbonyl (C=O) groups excluding carboxylic acids is 2. The van der Waals surface area contributed by atoms with Crippen molar-refractivity contribution in [2.45, 2.75) is 53.6 Å². The largest absolute Gasteiger partial charge is 0.392 e. The minimum Gasteiger partial charge on any atom is -0.392 e. The molecule has 0 aliphatic carbocycles. The summed E-state index contributed by atoms with van der Waals surface area (Å²) in [5.41, 5.74) is 0. The summed E-state index contributed by atoms with van der Waals surface area (Å²) in [6.07, 6.45) is 0.284. The zero-order chi connectivity index (χ0) is 12.9. The Morgan fingerprint density at radius 2 is 1.69 bits per heavy atom. The fourth-order valence-electron chi connectivity index (χ4n) is 1.76. The maximum atomic E-state index is 11.9. The van der Waals surface area contributed by atoms with Gasteiger partial charge in [-0.25, -0.2) is 0 Å². The highest BCUT2D eigenvalue weighted by Gasteiger charge is 2.33. The first-order valence-electron chi connectivity index (χ1n) is 6.02. The minimum atomic E-state index is -0.839. The highest BCUT2D eigenvalue weighted by molar-refractivity contribution is 6.02. The van der Waals surface area contributed by atoms with E-state index in [2.05, 4.69) is 0 Å². The van der Waals surface area contributed by atoms with Crippen LogP contribution in [0.3, 0.4) is 0 Å². The Balaban J connectivity index is 4.73. The summed E-state index contributed by atoms with van der Waals surface area (Å²) >= 11 is 0. The van der Waals surface area contributed by atoms with Crippen molar-refractivity contribution in [3.63, 3.8) is 0 Å². The third-order valence-corrected chi connectivity index (χ3v) is 2.96. The van der Waals surface area contributed by atoms with Gasteiger partial charge < -0.3 is 5.11 Å². The van der Waals surface area contributed by atoms with Crippen molar-refractivity contribution < 1.29 is 14.7 Å². The number of ketones is 2. The minimum absolute atomic E-state index is 0.0231.